The van der Waals surface area contributed by atoms with E-state index in [0.29, 0.717) is 16.9 Å². The van der Waals surface area contributed by atoms with Crippen LogP contribution >= 0.6 is 11.6 Å². The third-order valence-corrected chi connectivity index (χ3v) is 5.03. The first-order valence-corrected chi connectivity index (χ1v) is 9.40. The molecule has 2 aromatic carbocycles. The quantitative estimate of drug-likeness (QED) is 0.636. The Bertz CT molecular complexity index is 1080. The summed E-state index contributed by atoms with van der Waals surface area (Å²) in [7, 11) is 0. The number of amides is 1. The Kier molecular flexibility index (Phi) is 5.04. The van der Waals surface area contributed by atoms with E-state index in [4.69, 9.17) is 11.6 Å². The van der Waals surface area contributed by atoms with Gasteiger partial charge in [-0.2, -0.15) is 13.2 Å². The molecule has 29 heavy (non-hydrogen) atoms. The van der Waals surface area contributed by atoms with E-state index in [2.05, 4.69) is 15.3 Å². The Hall–Kier alpha value is -2.87. The normalized spacial score (nSPS) is 14.4. The lowest BCUT2D eigenvalue weighted by atomic mass is 10.2. The van der Waals surface area contributed by atoms with Crippen LogP contribution in [0.5, 0.6) is 0 Å². The van der Waals surface area contributed by atoms with Gasteiger partial charge in [0, 0.05) is 18.8 Å². The van der Waals surface area contributed by atoms with E-state index in [1.807, 2.05) is 11.0 Å². The van der Waals surface area contributed by atoms with Crippen molar-refractivity contribution in [2.24, 2.45) is 0 Å². The maximum Gasteiger partial charge on any atom is 0.417 e. The average molecular weight is 421 g/mol. The number of carbonyl (C=O) groups is 1. The van der Waals surface area contributed by atoms with Crippen molar-refractivity contribution >= 4 is 40.0 Å². The van der Waals surface area contributed by atoms with Crippen molar-refractivity contribution in [2.75, 3.05) is 23.3 Å². The Labute approximate surface area is 169 Å². The number of hydrogen-bond donors (Lipinski definition) is 1. The van der Waals surface area contributed by atoms with Gasteiger partial charge in [0.15, 0.2) is 11.5 Å². The van der Waals surface area contributed by atoms with Crippen LogP contribution in [0.3, 0.4) is 0 Å². The smallest absolute Gasteiger partial charge is 0.355 e. The number of anilines is 2. The van der Waals surface area contributed by atoms with Gasteiger partial charge < -0.3 is 10.2 Å². The van der Waals surface area contributed by atoms with Crippen LogP contribution in [0.4, 0.5) is 24.7 Å². The third kappa shape index (κ3) is 3.98. The summed E-state index contributed by atoms with van der Waals surface area (Å²) in [6, 6.07) is 10.4. The molecule has 0 bridgehead atoms. The van der Waals surface area contributed by atoms with Crippen molar-refractivity contribution < 1.29 is 18.0 Å². The van der Waals surface area contributed by atoms with Crippen LogP contribution in [0.2, 0.25) is 5.02 Å². The molecule has 4 rings (SSSR count). The highest BCUT2D eigenvalue weighted by molar-refractivity contribution is 6.31. The highest BCUT2D eigenvalue weighted by Gasteiger charge is 2.33. The van der Waals surface area contributed by atoms with Crippen molar-refractivity contribution in [1.29, 1.82) is 0 Å². The predicted octanol–water partition coefficient (Wildman–Crippen LogP) is 5.15. The number of halogens is 4. The number of benzene rings is 2. The SMILES string of the molecule is O=C(Nc1ccc(Cl)c(C(F)(F)F)c1)c1nc2ccccc2nc1N1CCCC1. The van der Waals surface area contributed by atoms with Gasteiger partial charge in [0.25, 0.3) is 5.91 Å². The van der Waals surface area contributed by atoms with Gasteiger partial charge in [-0.25, -0.2) is 9.97 Å². The zero-order chi connectivity index (χ0) is 20.6. The van der Waals surface area contributed by atoms with Crippen LogP contribution in [-0.2, 0) is 6.18 Å². The summed E-state index contributed by atoms with van der Waals surface area (Å²) in [6.45, 7) is 1.49. The van der Waals surface area contributed by atoms with E-state index < -0.39 is 22.7 Å². The standard InChI is InChI=1S/C20H16ClF3N4O/c21-14-8-7-12(11-13(14)20(22,23)24)25-19(29)17-18(28-9-3-4-10-28)27-16-6-2-1-5-15(16)26-17/h1-2,5-8,11H,3-4,9-10H2,(H,25,29). The van der Waals surface area contributed by atoms with Gasteiger partial charge in [0.1, 0.15) is 0 Å². The largest absolute Gasteiger partial charge is 0.417 e. The second-order valence-electron chi connectivity index (χ2n) is 6.73. The summed E-state index contributed by atoms with van der Waals surface area (Å²) in [5, 5.41) is 2.07. The molecule has 0 aliphatic carbocycles. The first-order chi connectivity index (χ1) is 13.8. The topological polar surface area (TPSA) is 58.1 Å². The molecule has 2 heterocycles. The van der Waals surface area contributed by atoms with E-state index in [1.165, 1.54) is 6.07 Å². The monoisotopic (exact) mass is 420 g/mol. The molecule has 0 spiro atoms. The molecule has 9 heteroatoms. The van der Waals surface area contributed by atoms with Gasteiger partial charge in [0.2, 0.25) is 0 Å². The molecule has 1 aromatic heterocycles. The van der Waals surface area contributed by atoms with E-state index in [-0.39, 0.29) is 11.4 Å². The minimum Gasteiger partial charge on any atom is -0.355 e. The molecule has 0 atom stereocenters. The molecular weight excluding hydrogens is 405 g/mol. The summed E-state index contributed by atoms with van der Waals surface area (Å²) in [4.78, 5) is 23.9. The van der Waals surface area contributed by atoms with Gasteiger partial charge in [-0.3, -0.25) is 4.79 Å². The predicted molar refractivity (Wildman–Crippen MR) is 105 cm³/mol. The summed E-state index contributed by atoms with van der Waals surface area (Å²) >= 11 is 5.65. The molecule has 0 unspecified atom stereocenters. The maximum atomic E-state index is 13.1. The van der Waals surface area contributed by atoms with Crippen molar-refractivity contribution in [3.05, 3.63) is 58.7 Å². The minimum absolute atomic E-state index is 0.0194. The second-order valence-corrected chi connectivity index (χ2v) is 7.13. The number of alkyl halides is 3. The van der Waals surface area contributed by atoms with E-state index in [1.54, 1.807) is 18.2 Å². The Morgan fingerprint density at radius 3 is 2.34 bits per heavy atom. The molecule has 0 saturated carbocycles. The molecule has 1 aliphatic heterocycles. The zero-order valence-corrected chi connectivity index (χ0v) is 15.9. The van der Waals surface area contributed by atoms with Gasteiger partial charge in [-0.05, 0) is 43.2 Å². The van der Waals surface area contributed by atoms with Crippen LogP contribution in [0.1, 0.15) is 28.9 Å². The lowest BCUT2D eigenvalue weighted by molar-refractivity contribution is -0.137. The van der Waals surface area contributed by atoms with Gasteiger partial charge in [0.05, 0.1) is 21.6 Å². The van der Waals surface area contributed by atoms with E-state index >= 15 is 0 Å². The Balaban J connectivity index is 1.72. The van der Waals surface area contributed by atoms with Crippen LogP contribution in [0.25, 0.3) is 11.0 Å². The fourth-order valence-corrected chi connectivity index (χ4v) is 3.53. The van der Waals surface area contributed by atoms with Gasteiger partial charge in [-0.15, -0.1) is 0 Å². The number of nitrogens with zero attached hydrogens (tertiary/aromatic N) is 3. The third-order valence-electron chi connectivity index (χ3n) is 4.70. The number of rotatable bonds is 3. The van der Waals surface area contributed by atoms with Crippen molar-refractivity contribution in [3.8, 4) is 0 Å². The van der Waals surface area contributed by atoms with Crippen molar-refractivity contribution in [2.45, 2.75) is 19.0 Å². The minimum atomic E-state index is -4.62. The number of fused-ring (bicyclic) bond motifs is 1. The van der Waals surface area contributed by atoms with E-state index in [0.717, 1.165) is 38.1 Å². The first-order valence-electron chi connectivity index (χ1n) is 9.03. The Morgan fingerprint density at radius 1 is 1.03 bits per heavy atom. The van der Waals surface area contributed by atoms with E-state index in [9.17, 15) is 18.0 Å². The molecule has 1 saturated heterocycles. The van der Waals surface area contributed by atoms with Gasteiger partial charge in [-0.1, -0.05) is 23.7 Å². The fraction of sp³-hybridized carbons (Fsp3) is 0.250. The summed E-state index contributed by atoms with van der Waals surface area (Å²) in [5.41, 5.74) is 0.231. The van der Waals surface area contributed by atoms with Crippen LogP contribution in [0.15, 0.2) is 42.5 Å². The summed E-state index contributed by atoms with van der Waals surface area (Å²) in [5.74, 6) is -0.190. The fourth-order valence-electron chi connectivity index (χ4n) is 3.30. The summed E-state index contributed by atoms with van der Waals surface area (Å²) < 4.78 is 39.3. The number of carbonyl (C=O) groups excluding carboxylic acids is 1. The van der Waals surface area contributed by atoms with Crippen LogP contribution in [-0.4, -0.2) is 29.0 Å². The lowest BCUT2D eigenvalue weighted by Crippen LogP contribution is -2.25. The molecule has 1 fully saturated rings. The van der Waals surface area contributed by atoms with Crippen LogP contribution < -0.4 is 10.2 Å². The average Bonchev–Trinajstić information content (AvgIpc) is 3.22. The van der Waals surface area contributed by atoms with Gasteiger partial charge >= 0.3 is 6.18 Å². The number of para-hydroxylation sites is 2. The maximum absolute atomic E-state index is 13.1. The molecule has 150 valence electrons. The van der Waals surface area contributed by atoms with Crippen LogP contribution in [0, 0.1) is 0 Å². The molecular formula is C20H16ClF3N4O. The van der Waals surface area contributed by atoms with Crippen molar-refractivity contribution in [3.63, 3.8) is 0 Å². The number of aromatic nitrogens is 2. The molecule has 1 aliphatic rings. The summed E-state index contributed by atoms with van der Waals surface area (Å²) in [6.07, 6.45) is -2.68. The molecule has 3 aromatic rings. The van der Waals surface area contributed by atoms with Crippen molar-refractivity contribution in [1.82, 2.24) is 9.97 Å². The number of hydrogen-bond acceptors (Lipinski definition) is 4. The molecule has 0 radical (unpaired) electrons. The molecule has 5 nitrogen and oxygen atoms in total. The number of nitrogens with one attached hydrogen (secondary N) is 1. The highest BCUT2D eigenvalue weighted by atomic mass is 35.5. The zero-order valence-electron chi connectivity index (χ0n) is 15.1. The molecule has 1 N–H and O–H groups in total. The first kappa shape index (κ1) is 19.4. The highest BCUT2D eigenvalue weighted by Crippen LogP contribution is 2.36. The molecule has 1 amide bonds. The lowest BCUT2D eigenvalue weighted by Gasteiger charge is -2.20. The second kappa shape index (κ2) is 7.51. The Morgan fingerprint density at radius 2 is 1.69 bits per heavy atom.